The average Bonchev–Trinajstić information content (AvgIpc) is 2.14. The van der Waals surface area contributed by atoms with Crippen LogP contribution >= 0.6 is 0 Å². The van der Waals surface area contributed by atoms with Gasteiger partial charge in [-0.2, -0.15) is 0 Å². The molecule has 1 aliphatic carbocycles. The zero-order chi connectivity index (χ0) is 5.98. The van der Waals surface area contributed by atoms with Gasteiger partial charge in [-0.3, -0.25) is 0 Å². The van der Waals surface area contributed by atoms with Gasteiger partial charge in [0.05, 0.1) is 0 Å². The van der Waals surface area contributed by atoms with Crippen LogP contribution < -0.4 is 0 Å². The normalized spacial score (nSPS) is 38.4. The molecule has 0 saturated heterocycles. The van der Waals surface area contributed by atoms with E-state index in [1.807, 2.05) is 0 Å². The fourth-order valence-electron chi connectivity index (χ4n) is 1.70. The fourth-order valence-corrected chi connectivity index (χ4v) is 1.70. The van der Waals surface area contributed by atoms with Gasteiger partial charge < -0.3 is 0 Å². The summed E-state index contributed by atoms with van der Waals surface area (Å²) in [7, 11) is 0. The molecule has 8 heavy (non-hydrogen) atoms. The zero-order valence-corrected chi connectivity index (χ0v) is 5.98. The Morgan fingerprint density at radius 2 is 2.25 bits per heavy atom. The topological polar surface area (TPSA) is 0 Å². The summed E-state index contributed by atoms with van der Waals surface area (Å²) >= 11 is 2.31. The fraction of sp³-hybridized carbons (Fsp3) is 1.00. The molecule has 0 aromatic rings. The molecule has 0 bridgehead atoms. The van der Waals surface area contributed by atoms with Crippen LogP contribution in [0.2, 0.25) is 5.09 Å². The molecule has 2 atom stereocenters. The third kappa shape index (κ3) is 1.54. The van der Waals surface area contributed by atoms with E-state index in [0.717, 1.165) is 11.8 Å². The van der Waals surface area contributed by atoms with Crippen LogP contribution in [0.3, 0.4) is 0 Å². The second-order valence-corrected chi connectivity index (χ2v) is 3.19. The van der Waals surface area contributed by atoms with Crippen molar-refractivity contribution in [3.63, 3.8) is 0 Å². The molecule has 0 aromatic heterocycles. The number of hydrogen-bond acceptors (Lipinski definition) is 0. The van der Waals surface area contributed by atoms with E-state index in [4.69, 9.17) is 0 Å². The summed E-state index contributed by atoms with van der Waals surface area (Å²) in [5, 5.41) is 1.41. The molecule has 0 nitrogen and oxygen atoms in total. The van der Waals surface area contributed by atoms with Gasteiger partial charge in [0.1, 0.15) is 0 Å². The SMILES string of the molecule is [Li][CH2]C1CCC(C)C1. The Bertz CT molecular complexity index is 70.8. The molecule has 0 aliphatic heterocycles. The van der Waals surface area contributed by atoms with Crippen molar-refractivity contribution in [3.8, 4) is 0 Å². The molecule has 1 heteroatoms. The van der Waals surface area contributed by atoms with E-state index in [-0.39, 0.29) is 0 Å². The van der Waals surface area contributed by atoms with E-state index < -0.39 is 0 Å². The average molecular weight is 104 g/mol. The summed E-state index contributed by atoms with van der Waals surface area (Å²) in [5.41, 5.74) is 0. The standard InChI is InChI=1S/C7H13.Li/c1-6-3-4-7(2)5-6;/h6-7H,1,3-5H2,2H3;. The van der Waals surface area contributed by atoms with E-state index in [1.165, 1.54) is 24.4 Å². The van der Waals surface area contributed by atoms with Crippen molar-refractivity contribution >= 4 is 17.7 Å². The molecule has 1 fully saturated rings. The molecular weight excluding hydrogens is 91.0 g/mol. The van der Waals surface area contributed by atoms with Crippen LogP contribution in [0.1, 0.15) is 26.2 Å². The molecule has 1 aliphatic rings. The maximum atomic E-state index is 2.37. The summed E-state index contributed by atoms with van der Waals surface area (Å²) in [5.74, 6) is 2.10. The van der Waals surface area contributed by atoms with Crippen molar-refractivity contribution in [2.24, 2.45) is 11.8 Å². The Kier molecular flexibility index (Phi) is 2.47. The Morgan fingerprint density at radius 1 is 1.50 bits per heavy atom. The van der Waals surface area contributed by atoms with Crippen molar-refractivity contribution in [1.29, 1.82) is 0 Å². The molecule has 42 valence electrons. The molecule has 1 saturated carbocycles. The van der Waals surface area contributed by atoms with Crippen molar-refractivity contribution in [2.45, 2.75) is 31.3 Å². The van der Waals surface area contributed by atoms with Crippen LogP contribution in [0.4, 0.5) is 0 Å². The Morgan fingerprint density at radius 3 is 2.50 bits per heavy atom. The molecular formula is C7H13Li. The summed E-state index contributed by atoms with van der Waals surface area (Å²) in [6.07, 6.45) is 4.48. The molecule has 0 aromatic carbocycles. The van der Waals surface area contributed by atoms with Gasteiger partial charge in [-0.25, -0.2) is 0 Å². The second kappa shape index (κ2) is 2.94. The van der Waals surface area contributed by atoms with E-state index in [2.05, 4.69) is 24.6 Å². The maximum absolute atomic E-state index is 2.37. The van der Waals surface area contributed by atoms with Crippen LogP contribution in [-0.4, -0.2) is 17.7 Å². The van der Waals surface area contributed by atoms with Gasteiger partial charge in [0.25, 0.3) is 0 Å². The third-order valence-corrected chi connectivity index (χ3v) is 2.38. The Labute approximate surface area is 61.2 Å². The molecule has 0 heterocycles. The first-order valence-electron chi connectivity index (χ1n) is 3.83. The zero-order valence-electron chi connectivity index (χ0n) is 5.98. The van der Waals surface area contributed by atoms with Gasteiger partial charge in [-0.05, 0) is 0 Å². The summed E-state index contributed by atoms with van der Waals surface area (Å²) in [6.45, 7) is 2.37. The first-order valence-corrected chi connectivity index (χ1v) is 3.83. The van der Waals surface area contributed by atoms with Gasteiger partial charge in [-0.1, -0.05) is 0 Å². The Balaban J connectivity index is 2.22. The van der Waals surface area contributed by atoms with Crippen LogP contribution in [-0.2, 0) is 0 Å². The van der Waals surface area contributed by atoms with E-state index >= 15 is 0 Å². The molecule has 0 amide bonds. The van der Waals surface area contributed by atoms with Gasteiger partial charge in [-0.15, -0.1) is 0 Å². The van der Waals surface area contributed by atoms with Crippen LogP contribution in [0.5, 0.6) is 0 Å². The van der Waals surface area contributed by atoms with Gasteiger partial charge in [0.2, 0.25) is 0 Å². The van der Waals surface area contributed by atoms with Crippen molar-refractivity contribution in [3.05, 3.63) is 0 Å². The summed E-state index contributed by atoms with van der Waals surface area (Å²) in [4.78, 5) is 0. The first kappa shape index (κ1) is 6.71. The molecule has 0 radical (unpaired) electrons. The van der Waals surface area contributed by atoms with Gasteiger partial charge in [0.15, 0.2) is 0 Å². The number of rotatable bonds is 1. The van der Waals surface area contributed by atoms with Crippen molar-refractivity contribution in [2.75, 3.05) is 0 Å². The quantitative estimate of drug-likeness (QED) is 0.446. The number of hydrogen-bond donors (Lipinski definition) is 0. The molecule has 1 rings (SSSR count). The van der Waals surface area contributed by atoms with E-state index in [9.17, 15) is 0 Å². The van der Waals surface area contributed by atoms with Gasteiger partial charge >= 0.3 is 60.8 Å². The van der Waals surface area contributed by atoms with E-state index in [0.29, 0.717) is 0 Å². The molecule has 0 N–H and O–H groups in total. The predicted molar refractivity (Wildman–Crippen MR) is 37.1 cm³/mol. The van der Waals surface area contributed by atoms with Crippen molar-refractivity contribution in [1.82, 2.24) is 0 Å². The summed E-state index contributed by atoms with van der Waals surface area (Å²) < 4.78 is 0. The summed E-state index contributed by atoms with van der Waals surface area (Å²) in [6, 6.07) is 0. The Hall–Kier alpha value is 0.597. The van der Waals surface area contributed by atoms with Crippen molar-refractivity contribution < 1.29 is 0 Å². The minimum atomic E-state index is 1.03. The second-order valence-electron chi connectivity index (χ2n) is 3.19. The minimum absolute atomic E-state index is 1.03. The van der Waals surface area contributed by atoms with E-state index in [1.54, 1.807) is 0 Å². The monoisotopic (exact) mass is 104 g/mol. The first-order chi connectivity index (χ1) is 3.83. The molecule has 0 spiro atoms. The predicted octanol–water partition coefficient (Wildman–Crippen LogP) is 2.01. The van der Waals surface area contributed by atoms with Crippen LogP contribution in [0, 0.1) is 11.8 Å². The third-order valence-electron chi connectivity index (χ3n) is 2.38. The van der Waals surface area contributed by atoms with Gasteiger partial charge in [0, 0.05) is 0 Å². The molecule has 2 unspecified atom stereocenters. The van der Waals surface area contributed by atoms with Crippen LogP contribution in [0.25, 0.3) is 0 Å². The van der Waals surface area contributed by atoms with Crippen LogP contribution in [0.15, 0.2) is 0 Å².